The van der Waals surface area contributed by atoms with Crippen molar-refractivity contribution in [2.45, 2.75) is 45.1 Å². The van der Waals surface area contributed by atoms with E-state index < -0.39 is 16.1 Å². The lowest BCUT2D eigenvalue weighted by atomic mass is 10.0. The van der Waals surface area contributed by atoms with Gasteiger partial charge in [-0.05, 0) is 42.5 Å². The Kier molecular flexibility index (Phi) is 7.92. The lowest BCUT2D eigenvalue weighted by Gasteiger charge is -2.36. The number of nitrogens with zero attached hydrogens (tertiary/aromatic N) is 2. The van der Waals surface area contributed by atoms with Crippen LogP contribution < -0.4 is 5.32 Å². The fourth-order valence-electron chi connectivity index (χ4n) is 3.98. The number of sulfonamides is 1. The third-order valence-corrected chi connectivity index (χ3v) is 7.83. The number of hydrogen-bond donors (Lipinski definition) is 1. The van der Waals surface area contributed by atoms with Gasteiger partial charge < -0.3 is 10.2 Å². The first kappa shape index (κ1) is 24.9. The Bertz CT molecular complexity index is 1090. The maximum atomic E-state index is 13.4. The predicted molar refractivity (Wildman–Crippen MR) is 128 cm³/mol. The Balaban J connectivity index is 1.74. The van der Waals surface area contributed by atoms with Crippen LogP contribution in [0.2, 0.25) is 0 Å². The van der Waals surface area contributed by atoms with Crippen molar-refractivity contribution in [1.29, 1.82) is 0 Å². The zero-order chi connectivity index (χ0) is 24.2. The van der Waals surface area contributed by atoms with Crippen molar-refractivity contribution in [2.75, 3.05) is 26.2 Å². The molecule has 3 rings (SSSR count). The molecular weight excluding hydrogens is 438 g/mol. The van der Waals surface area contributed by atoms with E-state index in [1.807, 2.05) is 63.2 Å². The number of carbonyl (C=O) groups is 2. The van der Waals surface area contributed by atoms with Crippen LogP contribution in [0.4, 0.5) is 0 Å². The van der Waals surface area contributed by atoms with Crippen LogP contribution in [-0.2, 0) is 19.6 Å². The van der Waals surface area contributed by atoms with E-state index in [9.17, 15) is 18.0 Å². The number of rotatable bonds is 7. The maximum absolute atomic E-state index is 13.4. The highest BCUT2D eigenvalue weighted by Crippen LogP contribution is 2.24. The number of benzene rings is 2. The summed E-state index contributed by atoms with van der Waals surface area (Å²) < 4.78 is 27.8. The summed E-state index contributed by atoms with van der Waals surface area (Å²) in [4.78, 5) is 27.8. The normalized spacial score (nSPS) is 16.0. The number of nitrogens with one attached hydrogen (secondary N) is 1. The average molecular weight is 472 g/mol. The van der Waals surface area contributed by atoms with E-state index in [0.29, 0.717) is 22.4 Å². The van der Waals surface area contributed by atoms with Gasteiger partial charge in [0.1, 0.15) is 6.04 Å². The molecule has 0 bridgehead atoms. The quantitative estimate of drug-likeness (QED) is 0.673. The molecule has 0 spiro atoms. The third-order valence-electron chi connectivity index (χ3n) is 5.79. The summed E-state index contributed by atoms with van der Waals surface area (Å²) in [6.45, 7) is 8.52. The SMILES string of the molecule is Cc1ccc(C)c(S(=O)(=O)N2CCN(C(=O)C(NC(=O)CC(C)C)c3ccccc3)CC2)c1. The molecule has 178 valence electrons. The lowest BCUT2D eigenvalue weighted by molar-refractivity contribution is -0.137. The van der Waals surface area contributed by atoms with Gasteiger partial charge in [0.2, 0.25) is 21.8 Å². The maximum Gasteiger partial charge on any atom is 0.249 e. The van der Waals surface area contributed by atoms with E-state index >= 15 is 0 Å². The van der Waals surface area contributed by atoms with Gasteiger partial charge in [0.25, 0.3) is 0 Å². The van der Waals surface area contributed by atoms with Crippen LogP contribution in [0.25, 0.3) is 0 Å². The molecule has 0 aliphatic carbocycles. The summed E-state index contributed by atoms with van der Waals surface area (Å²) in [6, 6.07) is 13.8. The molecule has 1 unspecified atom stereocenters. The number of carbonyl (C=O) groups excluding carboxylic acids is 2. The minimum absolute atomic E-state index is 0.176. The molecule has 1 atom stereocenters. The molecule has 0 aromatic heterocycles. The van der Waals surface area contributed by atoms with Crippen molar-refractivity contribution >= 4 is 21.8 Å². The van der Waals surface area contributed by atoms with Crippen molar-refractivity contribution in [3.8, 4) is 0 Å². The second kappa shape index (κ2) is 10.5. The van der Waals surface area contributed by atoms with Crippen LogP contribution in [0.5, 0.6) is 0 Å². The van der Waals surface area contributed by atoms with E-state index in [-0.39, 0.29) is 43.9 Å². The number of piperazine rings is 1. The highest BCUT2D eigenvalue weighted by molar-refractivity contribution is 7.89. The average Bonchev–Trinajstić information content (AvgIpc) is 2.78. The van der Waals surface area contributed by atoms with Crippen LogP contribution in [-0.4, -0.2) is 55.6 Å². The van der Waals surface area contributed by atoms with Gasteiger partial charge in [-0.25, -0.2) is 8.42 Å². The third kappa shape index (κ3) is 6.00. The number of aryl methyl sites for hydroxylation is 2. The van der Waals surface area contributed by atoms with Gasteiger partial charge in [-0.15, -0.1) is 0 Å². The van der Waals surface area contributed by atoms with Gasteiger partial charge >= 0.3 is 0 Å². The van der Waals surface area contributed by atoms with Crippen molar-refractivity contribution in [3.05, 3.63) is 65.2 Å². The van der Waals surface area contributed by atoms with Gasteiger partial charge in [-0.2, -0.15) is 4.31 Å². The molecule has 7 nitrogen and oxygen atoms in total. The molecule has 1 saturated heterocycles. The monoisotopic (exact) mass is 471 g/mol. The van der Waals surface area contributed by atoms with Crippen LogP contribution in [0, 0.1) is 19.8 Å². The van der Waals surface area contributed by atoms with Crippen LogP contribution in [0.1, 0.15) is 43.0 Å². The Morgan fingerprint density at radius 3 is 2.21 bits per heavy atom. The van der Waals surface area contributed by atoms with E-state index in [2.05, 4.69) is 5.32 Å². The van der Waals surface area contributed by atoms with Crippen molar-refractivity contribution in [1.82, 2.24) is 14.5 Å². The van der Waals surface area contributed by atoms with Crippen molar-refractivity contribution < 1.29 is 18.0 Å². The van der Waals surface area contributed by atoms with Crippen LogP contribution in [0.15, 0.2) is 53.4 Å². The molecule has 0 saturated carbocycles. The molecular formula is C25H33N3O4S. The fourth-order valence-corrected chi connectivity index (χ4v) is 5.71. The van der Waals surface area contributed by atoms with Gasteiger partial charge in [-0.3, -0.25) is 9.59 Å². The number of amides is 2. The summed E-state index contributed by atoms with van der Waals surface area (Å²) in [6.07, 6.45) is 0.332. The highest BCUT2D eigenvalue weighted by atomic mass is 32.2. The molecule has 2 amide bonds. The molecule has 1 aliphatic rings. The Morgan fingerprint density at radius 1 is 0.970 bits per heavy atom. The first-order chi connectivity index (χ1) is 15.6. The highest BCUT2D eigenvalue weighted by Gasteiger charge is 2.34. The van der Waals surface area contributed by atoms with Gasteiger partial charge in [0.15, 0.2) is 0 Å². The lowest BCUT2D eigenvalue weighted by Crippen LogP contribution is -2.53. The summed E-state index contributed by atoms with van der Waals surface area (Å²) in [7, 11) is -3.64. The molecule has 1 aliphatic heterocycles. The number of hydrogen-bond acceptors (Lipinski definition) is 4. The fraction of sp³-hybridized carbons (Fsp3) is 0.440. The summed E-state index contributed by atoms with van der Waals surface area (Å²) >= 11 is 0. The predicted octanol–water partition coefficient (Wildman–Crippen LogP) is 3.04. The molecule has 2 aromatic rings. The van der Waals surface area contributed by atoms with Crippen molar-refractivity contribution in [3.63, 3.8) is 0 Å². The van der Waals surface area contributed by atoms with Crippen LogP contribution >= 0.6 is 0 Å². The summed E-state index contributed by atoms with van der Waals surface area (Å²) in [5, 5.41) is 2.88. The second-order valence-electron chi connectivity index (χ2n) is 9.01. The molecule has 8 heteroatoms. The largest absolute Gasteiger partial charge is 0.341 e. The summed E-state index contributed by atoms with van der Waals surface area (Å²) in [5.74, 6) is -0.221. The molecule has 2 aromatic carbocycles. The van der Waals surface area contributed by atoms with E-state index in [1.165, 1.54) is 4.31 Å². The molecule has 1 fully saturated rings. The molecule has 33 heavy (non-hydrogen) atoms. The first-order valence-electron chi connectivity index (χ1n) is 11.3. The zero-order valence-electron chi connectivity index (χ0n) is 19.7. The Hall–Kier alpha value is -2.71. The molecule has 1 heterocycles. The standard InChI is InChI=1S/C25H33N3O4S/c1-18(2)16-23(29)26-24(21-8-6-5-7-9-21)25(30)27-12-14-28(15-13-27)33(31,32)22-17-19(3)10-11-20(22)4/h5-11,17-18,24H,12-16H2,1-4H3,(H,26,29). The Labute approximate surface area is 196 Å². The first-order valence-corrected chi connectivity index (χ1v) is 12.7. The van der Waals surface area contributed by atoms with Gasteiger partial charge in [0.05, 0.1) is 4.90 Å². The molecule has 0 radical (unpaired) electrons. The second-order valence-corrected chi connectivity index (χ2v) is 10.9. The zero-order valence-corrected chi connectivity index (χ0v) is 20.6. The van der Waals surface area contributed by atoms with E-state index in [4.69, 9.17) is 0 Å². The topological polar surface area (TPSA) is 86.8 Å². The molecule has 1 N–H and O–H groups in total. The van der Waals surface area contributed by atoms with Gasteiger partial charge in [-0.1, -0.05) is 56.3 Å². The van der Waals surface area contributed by atoms with Gasteiger partial charge in [0, 0.05) is 32.6 Å². The summed E-state index contributed by atoms with van der Waals surface area (Å²) in [5.41, 5.74) is 2.30. The van der Waals surface area contributed by atoms with Crippen LogP contribution in [0.3, 0.4) is 0 Å². The smallest absolute Gasteiger partial charge is 0.249 e. The Morgan fingerprint density at radius 2 is 1.61 bits per heavy atom. The minimum atomic E-state index is -3.64. The van der Waals surface area contributed by atoms with E-state index in [1.54, 1.807) is 17.9 Å². The minimum Gasteiger partial charge on any atom is -0.341 e. The van der Waals surface area contributed by atoms with E-state index in [0.717, 1.165) is 5.56 Å². The van der Waals surface area contributed by atoms with Crippen molar-refractivity contribution in [2.24, 2.45) is 5.92 Å².